The number of imidazole rings is 1. The first-order valence-corrected chi connectivity index (χ1v) is 10.5. The number of H-pyrrole nitrogens is 1. The zero-order valence-electron chi connectivity index (χ0n) is 17.9. The van der Waals surface area contributed by atoms with Crippen LogP contribution in [-0.4, -0.2) is 67.5 Å². The smallest absolute Gasteiger partial charge is 0.295 e. The topological polar surface area (TPSA) is 100 Å². The van der Waals surface area contributed by atoms with Gasteiger partial charge in [0.2, 0.25) is 0 Å². The molecule has 0 bridgehead atoms. The molecule has 9 heteroatoms. The number of fused-ring (bicyclic) bond motifs is 1. The fraction of sp³-hybridized carbons (Fsp3) is 0.261. The summed E-state index contributed by atoms with van der Waals surface area (Å²) in [6.07, 6.45) is 3.57. The van der Waals surface area contributed by atoms with Crippen molar-refractivity contribution in [2.75, 3.05) is 31.1 Å². The first kappa shape index (κ1) is 19.9. The Labute approximate surface area is 184 Å². The summed E-state index contributed by atoms with van der Waals surface area (Å²) >= 11 is 0. The molecule has 1 N–H and O–H groups in total. The van der Waals surface area contributed by atoms with Gasteiger partial charge in [-0.3, -0.25) is 14.2 Å². The molecule has 1 aliphatic rings. The minimum absolute atomic E-state index is 0.454. The molecule has 0 saturated carbocycles. The standard InChI is InChI=1S/C23H23N7O2/c1-15-21(17-5-3-4-6-18(17)25-15)22(31)23(32)29-13-11-28(12-14-29)19-7-8-20(27-26-19)30-10-9-24-16(30)2/h3-10,25H,11-14H2,1-2H3. The number of aromatic amines is 1. The second-order valence-corrected chi connectivity index (χ2v) is 7.87. The van der Waals surface area contributed by atoms with Crippen molar-refractivity contribution in [1.29, 1.82) is 0 Å². The van der Waals surface area contributed by atoms with Gasteiger partial charge >= 0.3 is 0 Å². The lowest BCUT2D eigenvalue weighted by molar-refractivity contribution is -0.126. The molecule has 5 rings (SSSR count). The molecule has 32 heavy (non-hydrogen) atoms. The molecule has 1 aliphatic heterocycles. The minimum Gasteiger partial charge on any atom is -0.358 e. The predicted molar refractivity (Wildman–Crippen MR) is 120 cm³/mol. The number of nitrogens with one attached hydrogen (secondary N) is 1. The average Bonchev–Trinajstić information content (AvgIpc) is 3.40. The van der Waals surface area contributed by atoms with Gasteiger partial charge in [0.1, 0.15) is 5.82 Å². The van der Waals surface area contributed by atoms with Crippen LogP contribution in [0, 0.1) is 13.8 Å². The predicted octanol–water partition coefficient (Wildman–Crippen LogP) is 2.29. The Morgan fingerprint density at radius 2 is 1.66 bits per heavy atom. The van der Waals surface area contributed by atoms with E-state index in [2.05, 4.69) is 25.1 Å². The number of anilines is 1. The molecule has 0 aliphatic carbocycles. The Balaban J connectivity index is 1.26. The van der Waals surface area contributed by atoms with Crippen LogP contribution in [-0.2, 0) is 4.79 Å². The van der Waals surface area contributed by atoms with E-state index in [1.165, 1.54) is 0 Å². The Bertz CT molecular complexity index is 1300. The van der Waals surface area contributed by atoms with Crippen LogP contribution in [0.4, 0.5) is 5.82 Å². The van der Waals surface area contributed by atoms with Crippen molar-refractivity contribution in [3.8, 4) is 5.82 Å². The molecule has 4 aromatic rings. The van der Waals surface area contributed by atoms with E-state index in [0.29, 0.717) is 43.3 Å². The monoisotopic (exact) mass is 429 g/mol. The lowest BCUT2D eigenvalue weighted by atomic mass is 10.1. The van der Waals surface area contributed by atoms with Crippen molar-refractivity contribution in [2.45, 2.75) is 13.8 Å². The maximum Gasteiger partial charge on any atom is 0.295 e. The van der Waals surface area contributed by atoms with E-state index in [9.17, 15) is 9.59 Å². The van der Waals surface area contributed by atoms with Crippen molar-refractivity contribution in [3.63, 3.8) is 0 Å². The number of rotatable bonds is 4. The molecule has 1 aromatic carbocycles. The molecular formula is C23H23N7O2. The number of carbonyl (C=O) groups is 2. The third-order valence-electron chi connectivity index (χ3n) is 5.91. The van der Waals surface area contributed by atoms with E-state index in [0.717, 1.165) is 22.5 Å². The number of nitrogens with zero attached hydrogens (tertiary/aromatic N) is 6. The highest BCUT2D eigenvalue weighted by Gasteiger charge is 2.30. The fourth-order valence-electron chi connectivity index (χ4n) is 4.19. The number of Topliss-reactive ketones (excluding diaryl/α,β-unsaturated/α-hetero) is 1. The first-order chi connectivity index (χ1) is 15.5. The summed E-state index contributed by atoms with van der Waals surface area (Å²) in [5.74, 6) is 1.37. The van der Waals surface area contributed by atoms with Gasteiger partial charge in [-0.1, -0.05) is 18.2 Å². The van der Waals surface area contributed by atoms with Crippen molar-refractivity contribution < 1.29 is 9.59 Å². The summed E-state index contributed by atoms with van der Waals surface area (Å²) in [4.78, 5) is 37.1. The number of aryl methyl sites for hydroxylation is 2. The molecular weight excluding hydrogens is 406 g/mol. The largest absolute Gasteiger partial charge is 0.358 e. The van der Waals surface area contributed by atoms with E-state index >= 15 is 0 Å². The average molecular weight is 429 g/mol. The number of aromatic nitrogens is 5. The summed E-state index contributed by atoms with van der Waals surface area (Å²) in [5, 5.41) is 9.43. The Hall–Kier alpha value is -4.01. The Morgan fingerprint density at radius 1 is 0.938 bits per heavy atom. The van der Waals surface area contributed by atoms with E-state index in [1.807, 2.05) is 61.0 Å². The number of para-hydroxylation sites is 1. The van der Waals surface area contributed by atoms with Gasteiger partial charge in [-0.25, -0.2) is 4.98 Å². The van der Waals surface area contributed by atoms with Crippen molar-refractivity contribution >= 4 is 28.4 Å². The summed E-state index contributed by atoms with van der Waals surface area (Å²) in [7, 11) is 0. The van der Waals surface area contributed by atoms with Crippen molar-refractivity contribution in [3.05, 3.63) is 65.9 Å². The molecule has 3 aromatic heterocycles. The second kappa shape index (κ2) is 7.92. The SMILES string of the molecule is Cc1[nH]c2ccccc2c1C(=O)C(=O)N1CCN(c2ccc(-n3ccnc3C)nn2)CC1. The first-order valence-electron chi connectivity index (χ1n) is 10.5. The molecule has 0 atom stereocenters. The minimum atomic E-state index is -0.465. The van der Waals surface area contributed by atoms with Crippen LogP contribution in [0.3, 0.4) is 0 Å². The van der Waals surface area contributed by atoms with E-state index < -0.39 is 11.7 Å². The summed E-state index contributed by atoms with van der Waals surface area (Å²) in [5.41, 5.74) is 2.04. The molecule has 1 fully saturated rings. The lowest BCUT2D eigenvalue weighted by Crippen LogP contribution is -2.51. The number of hydrogen-bond acceptors (Lipinski definition) is 6. The molecule has 162 valence electrons. The van der Waals surface area contributed by atoms with E-state index in [1.54, 1.807) is 11.1 Å². The van der Waals surface area contributed by atoms with Crippen LogP contribution in [0.25, 0.3) is 16.7 Å². The van der Waals surface area contributed by atoms with Gasteiger partial charge in [-0.2, -0.15) is 0 Å². The highest BCUT2D eigenvalue weighted by Crippen LogP contribution is 2.23. The van der Waals surface area contributed by atoms with Gasteiger partial charge in [0.05, 0.1) is 5.56 Å². The quantitative estimate of drug-likeness (QED) is 0.395. The zero-order valence-corrected chi connectivity index (χ0v) is 17.9. The third kappa shape index (κ3) is 3.41. The molecule has 1 amide bonds. The lowest BCUT2D eigenvalue weighted by Gasteiger charge is -2.34. The molecule has 4 heterocycles. The van der Waals surface area contributed by atoms with Crippen LogP contribution in [0.5, 0.6) is 0 Å². The van der Waals surface area contributed by atoms with Crippen LogP contribution < -0.4 is 4.90 Å². The number of hydrogen-bond donors (Lipinski definition) is 1. The number of carbonyl (C=O) groups excluding carboxylic acids is 2. The highest BCUT2D eigenvalue weighted by molar-refractivity contribution is 6.45. The van der Waals surface area contributed by atoms with Crippen LogP contribution in [0.2, 0.25) is 0 Å². The highest BCUT2D eigenvalue weighted by atomic mass is 16.2. The maximum absolute atomic E-state index is 13.0. The van der Waals surface area contributed by atoms with Gasteiger partial charge in [-0.15, -0.1) is 10.2 Å². The number of benzene rings is 1. The van der Waals surface area contributed by atoms with Gasteiger partial charge < -0.3 is 14.8 Å². The third-order valence-corrected chi connectivity index (χ3v) is 5.91. The van der Waals surface area contributed by atoms with Crippen LogP contribution in [0.1, 0.15) is 21.9 Å². The second-order valence-electron chi connectivity index (χ2n) is 7.87. The van der Waals surface area contributed by atoms with Crippen LogP contribution >= 0.6 is 0 Å². The van der Waals surface area contributed by atoms with Crippen molar-refractivity contribution in [2.24, 2.45) is 0 Å². The number of piperazine rings is 1. The molecule has 9 nitrogen and oxygen atoms in total. The van der Waals surface area contributed by atoms with Crippen LogP contribution in [0.15, 0.2) is 48.8 Å². The fourth-order valence-corrected chi connectivity index (χ4v) is 4.19. The summed E-state index contributed by atoms with van der Waals surface area (Å²) < 4.78 is 1.87. The Morgan fingerprint density at radius 3 is 2.34 bits per heavy atom. The molecule has 1 saturated heterocycles. The zero-order chi connectivity index (χ0) is 22.2. The van der Waals surface area contributed by atoms with Crippen molar-refractivity contribution in [1.82, 2.24) is 29.6 Å². The van der Waals surface area contributed by atoms with Gasteiger partial charge in [0.25, 0.3) is 11.7 Å². The number of amides is 1. The number of ketones is 1. The van der Waals surface area contributed by atoms with E-state index in [-0.39, 0.29) is 0 Å². The maximum atomic E-state index is 13.0. The molecule has 0 radical (unpaired) electrons. The van der Waals surface area contributed by atoms with Gasteiger partial charge in [0.15, 0.2) is 11.6 Å². The summed E-state index contributed by atoms with van der Waals surface area (Å²) in [6, 6.07) is 11.4. The van der Waals surface area contributed by atoms with Gasteiger partial charge in [-0.05, 0) is 32.0 Å². The van der Waals surface area contributed by atoms with E-state index in [4.69, 9.17) is 0 Å². The van der Waals surface area contributed by atoms with Gasteiger partial charge in [0, 0.05) is 55.2 Å². The Kier molecular flexibility index (Phi) is 4.93. The molecule has 0 unspecified atom stereocenters. The molecule has 0 spiro atoms. The normalized spacial score (nSPS) is 14.2. The summed E-state index contributed by atoms with van der Waals surface area (Å²) in [6.45, 7) is 5.82.